The van der Waals surface area contributed by atoms with Crippen LogP contribution in [0.4, 0.5) is 0 Å². The Hall–Kier alpha value is -1.87. The lowest BCUT2D eigenvalue weighted by molar-refractivity contribution is 0.649. The van der Waals surface area contributed by atoms with Crippen molar-refractivity contribution in [3.8, 4) is 0 Å². The predicted octanol–water partition coefficient (Wildman–Crippen LogP) is 4.97. The lowest BCUT2D eigenvalue weighted by atomic mass is 10.0. The first-order chi connectivity index (χ1) is 16.0. The van der Waals surface area contributed by atoms with Crippen LogP contribution in [-0.2, 0) is 0 Å². The molecular formula is C24H11I3N6. The molecule has 0 amide bonds. The van der Waals surface area contributed by atoms with Crippen molar-refractivity contribution in [2.24, 2.45) is 9.98 Å². The molecule has 3 heterocycles. The zero-order chi connectivity index (χ0) is 22.3. The highest BCUT2D eigenvalue weighted by molar-refractivity contribution is 14.1. The van der Waals surface area contributed by atoms with Crippen molar-refractivity contribution in [3.05, 3.63) is 76.1 Å². The molecule has 33 heavy (non-hydrogen) atoms. The van der Waals surface area contributed by atoms with Crippen LogP contribution in [0.1, 0.15) is 0 Å². The molecule has 0 fully saturated rings. The van der Waals surface area contributed by atoms with Gasteiger partial charge in [0.1, 0.15) is 32.8 Å². The average molecular weight is 764 g/mol. The van der Waals surface area contributed by atoms with E-state index < -0.39 is 0 Å². The van der Waals surface area contributed by atoms with E-state index in [1.165, 1.54) is 0 Å². The Morgan fingerprint density at radius 2 is 1.09 bits per heavy atom. The van der Waals surface area contributed by atoms with Crippen LogP contribution in [0.15, 0.2) is 68.2 Å². The van der Waals surface area contributed by atoms with Crippen molar-refractivity contribution in [3.63, 3.8) is 0 Å². The number of benzene rings is 3. The van der Waals surface area contributed by atoms with E-state index >= 15 is 0 Å². The molecule has 2 unspecified atom stereocenters. The first-order valence-corrected chi connectivity index (χ1v) is 13.4. The number of nitrogens with zero attached hydrogens (tertiary/aromatic N) is 6. The van der Waals surface area contributed by atoms with Gasteiger partial charge in [-0.3, -0.25) is 9.98 Å². The summed E-state index contributed by atoms with van der Waals surface area (Å²) in [6, 6.07) is 12.1. The van der Waals surface area contributed by atoms with Crippen molar-refractivity contribution in [1.82, 2.24) is 19.9 Å². The molecule has 158 valence electrons. The Bertz CT molecular complexity index is 1880. The maximum absolute atomic E-state index is 5.12. The van der Waals surface area contributed by atoms with Crippen LogP contribution in [0, 0.1) is 7.14 Å². The second-order valence-corrected chi connectivity index (χ2v) is 11.7. The normalized spacial score (nSPS) is 19.3. The van der Waals surface area contributed by atoms with Crippen LogP contribution in [0.25, 0.3) is 44.1 Å². The summed E-state index contributed by atoms with van der Waals surface area (Å²) in [6.07, 6.45) is 6.35. The van der Waals surface area contributed by atoms with E-state index in [0.29, 0.717) is 11.0 Å². The Balaban J connectivity index is 1.73. The largest absolute Gasteiger partial charge is 0.271 e. The standard InChI is InChI=1S/C24H11I3N6/c25-10-1-4-13-16(7-10)31-22-19(28-13)23-21(30-14-5-2-11(26)8-17(14)32-23)24-20(22)29-15-6-3-12(27)9-18(15)33-24/h1-9,13,16H. The summed E-state index contributed by atoms with van der Waals surface area (Å²) in [7, 11) is 0. The fourth-order valence-corrected chi connectivity index (χ4v) is 5.86. The number of fused-ring (bicyclic) bond motifs is 9. The molecule has 0 saturated heterocycles. The summed E-state index contributed by atoms with van der Waals surface area (Å²) in [5.41, 5.74) is 6.22. The molecule has 0 radical (unpaired) electrons. The van der Waals surface area contributed by atoms with Gasteiger partial charge in [-0.2, -0.15) is 0 Å². The lowest BCUT2D eigenvalue weighted by Crippen LogP contribution is -2.40. The molecule has 3 aromatic carbocycles. The van der Waals surface area contributed by atoms with Crippen molar-refractivity contribution < 1.29 is 0 Å². The van der Waals surface area contributed by atoms with Crippen LogP contribution < -0.4 is 10.7 Å². The molecule has 9 heteroatoms. The summed E-state index contributed by atoms with van der Waals surface area (Å²) >= 11 is 6.92. The average Bonchev–Trinajstić information content (AvgIpc) is 2.81. The topological polar surface area (TPSA) is 76.3 Å². The summed E-state index contributed by atoms with van der Waals surface area (Å²) in [5.74, 6) is 0. The maximum Gasteiger partial charge on any atom is 0.120 e. The van der Waals surface area contributed by atoms with Crippen LogP contribution in [0.2, 0.25) is 0 Å². The minimum Gasteiger partial charge on any atom is -0.271 e. The quantitative estimate of drug-likeness (QED) is 0.127. The molecule has 1 aliphatic heterocycles. The minimum atomic E-state index is -0.0568. The molecule has 6 nitrogen and oxygen atoms in total. The van der Waals surface area contributed by atoms with Crippen LogP contribution >= 0.6 is 67.8 Å². The first-order valence-electron chi connectivity index (χ1n) is 10.2. The van der Waals surface area contributed by atoms with Gasteiger partial charge in [-0.05, 0) is 110 Å². The van der Waals surface area contributed by atoms with E-state index in [2.05, 4.69) is 86.0 Å². The molecule has 2 atom stereocenters. The summed E-state index contributed by atoms with van der Waals surface area (Å²) < 4.78 is 3.38. The van der Waals surface area contributed by atoms with Crippen LogP contribution in [0.3, 0.4) is 0 Å². The molecule has 0 N–H and O–H groups in total. The fourth-order valence-electron chi connectivity index (χ4n) is 4.34. The third-order valence-electron chi connectivity index (χ3n) is 5.84. The monoisotopic (exact) mass is 764 g/mol. The Morgan fingerprint density at radius 3 is 1.73 bits per heavy atom. The molecule has 0 bridgehead atoms. The molecule has 0 spiro atoms. The SMILES string of the molecule is IC1=CC2N=c3c(c4nc5cc(I)ccc5nc4c4nc5cc(I)ccc5nc34)=NC2C=C1. The van der Waals surface area contributed by atoms with Gasteiger partial charge in [0.25, 0.3) is 0 Å². The van der Waals surface area contributed by atoms with Gasteiger partial charge in [-0.1, -0.05) is 12.2 Å². The van der Waals surface area contributed by atoms with Crippen molar-refractivity contribution in [1.29, 1.82) is 0 Å². The molecule has 2 aromatic heterocycles. The highest BCUT2D eigenvalue weighted by atomic mass is 127. The zero-order valence-electron chi connectivity index (χ0n) is 16.7. The second-order valence-electron chi connectivity index (χ2n) is 7.95. The van der Waals surface area contributed by atoms with E-state index in [4.69, 9.17) is 29.9 Å². The molecule has 5 aromatic rings. The maximum atomic E-state index is 5.12. The number of allylic oxidation sites excluding steroid dienone is 2. The Kier molecular flexibility index (Phi) is 4.70. The van der Waals surface area contributed by atoms with E-state index in [1.807, 2.05) is 36.4 Å². The number of halogens is 3. The Labute approximate surface area is 227 Å². The van der Waals surface area contributed by atoms with Gasteiger partial charge in [-0.15, -0.1) is 0 Å². The summed E-state index contributed by atoms with van der Waals surface area (Å²) in [6.45, 7) is 0. The second kappa shape index (κ2) is 7.57. The molecule has 7 rings (SSSR count). The van der Waals surface area contributed by atoms with Gasteiger partial charge in [0, 0.05) is 10.7 Å². The number of aromatic nitrogens is 4. The fraction of sp³-hybridized carbons (Fsp3) is 0.0833. The predicted molar refractivity (Wildman–Crippen MR) is 154 cm³/mol. The molecule has 0 saturated carbocycles. The third-order valence-corrected chi connectivity index (χ3v) is 7.90. The van der Waals surface area contributed by atoms with Gasteiger partial charge < -0.3 is 0 Å². The summed E-state index contributed by atoms with van der Waals surface area (Å²) in [4.78, 5) is 30.3. The van der Waals surface area contributed by atoms with Gasteiger partial charge in [0.2, 0.25) is 0 Å². The van der Waals surface area contributed by atoms with Gasteiger partial charge in [-0.25, -0.2) is 19.9 Å². The van der Waals surface area contributed by atoms with Crippen molar-refractivity contribution >= 4 is 112 Å². The highest BCUT2D eigenvalue weighted by Crippen LogP contribution is 2.26. The lowest BCUT2D eigenvalue weighted by Gasteiger charge is -2.22. The van der Waals surface area contributed by atoms with Gasteiger partial charge >= 0.3 is 0 Å². The zero-order valence-corrected chi connectivity index (χ0v) is 23.1. The van der Waals surface area contributed by atoms with E-state index in [1.54, 1.807) is 0 Å². The third kappa shape index (κ3) is 3.29. The van der Waals surface area contributed by atoms with E-state index in [0.717, 1.165) is 54.5 Å². The first kappa shape index (κ1) is 20.5. The number of rotatable bonds is 0. The van der Waals surface area contributed by atoms with Crippen molar-refractivity contribution in [2.75, 3.05) is 0 Å². The van der Waals surface area contributed by atoms with E-state index in [-0.39, 0.29) is 12.1 Å². The molecule has 1 aliphatic carbocycles. The molecule has 2 aliphatic rings. The van der Waals surface area contributed by atoms with E-state index in [9.17, 15) is 0 Å². The van der Waals surface area contributed by atoms with Crippen LogP contribution in [0.5, 0.6) is 0 Å². The van der Waals surface area contributed by atoms with Gasteiger partial charge in [0.05, 0.1) is 34.2 Å². The smallest absolute Gasteiger partial charge is 0.120 e. The van der Waals surface area contributed by atoms with Crippen molar-refractivity contribution in [2.45, 2.75) is 12.1 Å². The number of hydrogen-bond donors (Lipinski definition) is 0. The Morgan fingerprint density at radius 1 is 0.576 bits per heavy atom. The minimum absolute atomic E-state index is 0.0555. The van der Waals surface area contributed by atoms with Crippen LogP contribution in [-0.4, -0.2) is 32.0 Å². The van der Waals surface area contributed by atoms with Gasteiger partial charge in [0.15, 0.2) is 0 Å². The number of hydrogen-bond acceptors (Lipinski definition) is 6. The molecular weight excluding hydrogens is 753 g/mol. The highest BCUT2D eigenvalue weighted by Gasteiger charge is 2.25. The summed E-state index contributed by atoms with van der Waals surface area (Å²) in [5, 5.41) is 1.50.